The van der Waals surface area contributed by atoms with Gasteiger partial charge in [-0.25, -0.2) is 4.79 Å². The van der Waals surface area contributed by atoms with Gasteiger partial charge in [0.1, 0.15) is 18.7 Å². The number of nitrogens with two attached hydrogens (primary N) is 1. The van der Waals surface area contributed by atoms with E-state index < -0.39 is 90.0 Å². The van der Waals surface area contributed by atoms with Crippen molar-refractivity contribution < 1.29 is 60.4 Å². The summed E-state index contributed by atoms with van der Waals surface area (Å²) in [6, 6.07) is 0. The fourth-order valence-corrected chi connectivity index (χ4v) is 3.76. The van der Waals surface area contributed by atoms with E-state index in [1.165, 1.54) is 41.5 Å². The number of alkyl halides is 4. The van der Waals surface area contributed by atoms with Crippen molar-refractivity contribution in [3.63, 3.8) is 0 Å². The Kier molecular flexibility index (Phi) is 15.8. The number of hydrogen-bond donors (Lipinski definition) is 1. The van der Waals surface area contributed by atoms with Crippen LogP contribution in [-0.4, -0.2) is 80.9 Å². The maximum atomic E-state index is 13.7. The molecule has 0 aromatic rings. The minimum atomic E-state index is -4.82. The average Bonchev–Trinajstić information content (AvgIpc) is 2.96. The van der Waals surface area contributed by atoms with Crippen molar-refractivity contribution in [2.24, 2.45) is 27.4 Å². The summed E-state index contributed by atoms with van der Waals surface area (Å²) in [7, 11) is 0. The normalized spacial score (nSPS) is 17.9. The van der Waals surface area contributed by atoms with Gasteiger partial charge in [0.05, 0.1) is 37.3 Å². The van der Waals surface area contributed by atoms with Crippen LogP contribution in [0.3, 0.4) is 0 Å². The summed E-state index contributed by atoms with van der Waals surface area (Å²) in [6.07, 6.45) is -4.66. The molecule has 0 aromatic carbocycles. The Morgan fingerprint density at radius 3 is 1.70 bits per heavy atom. The molecule has 0 bridgehead atoms. The van der Waals surface area contributed by atoms with Gasteiger partial charge in [-0.15, -0.1) is 0 Å². The Balaban J connectivity index is 5.77. The topological polar surface area (TPSA) is 140 Å². The Morgan fingerprint density at radius 2 is 1.24 bits per heavy atom. The number of hydrogen-bond acceptors (Lipinski definition) is 10. The fourth-order valence-electron chi connectivity index (χ4n) is 3.76. The predicted molar refractivity (Wildman–Crippen MR) is 162 cm³/mol. The Labute approximate surface area is 270 Å². The number of carbonyl (C=O) groups excluding carboxylic acids is 4. The monoisotopic (exact) mass is 673 g/mol. The molecule has 46 heavy (non-hydrogen) atoms. The van der Waals surface area contributed by atoms with Crippen LogP contribution in [0.2, 0.25) is 0 Å². The second-order valence-electron chi connectivity index (χ2n) is 14.3. The van der Waals surface area contributed by atoms with Crippen molar-refractivity contribution in [2.45, 2.75) is 119 Å². The third kappa shape index (κ3) is 12.7. The van der Waals surface area contributed by atoms with E-state index in [1.54, 1.807) is 27.7 Å². The molecular formula is C32H55F4NO9. The lowest BCUT2D eigenvalue weighted by Crippen LogP contribution is -2.47. The number of esters is 3. The zero-order chi connectivity index (χ0) is 36.4. The van der Waals surface area contributed by atoms with Crippen LogP contribution in [0.15, 0.2) is 0 Å². The molecule has 14 heteroatoms. The zero-order valence-corrected chi connectivity index (χ0v) is 29.3. The summed E-state index contributed by atoms with van der Waals surface area (Å²) >= 11 is 0. The van der Waals surface area contributed by atoms with Crippen molar-refractivity contribution in [2.75, 3.05) is 39.7 Å². The smallest absolute Gasteiger partial charge is 0.396 e. The van der Waals surface area contributed by atoms with E-state index in [0.717, 1.165) is 6.92 Å². The molecule has 0 aliphatic heterocycles. The average molecular weight is 674 g/mol. The number of halogens is 4. The van der Waals surface area contributed by atoms with Crippen LogP contribution < -0.4 is 5.73 Å². The third-order valence-corrected chi connectivity index (χ3v) is 8.52. The highest BCUT2D eigenvalue weighted by atomic mass is 19.4. The highest BCUT2D eigenvalue weighted by Crippen LogP contribution is 2.47. The van der Waals surface area contributed by atoms with Crippen LogP contribution in [-0.2, 0) is 42.9 Å². The first-order valence-corrected chi connectivity index (χ1v) is 15.4. The number of ether oxygens (including phenoxy) is 5. The van der Waals surface area contributed by atoms with E-state index in [1.807, 2.05) is 0 Å². The molecule has 0 saturated heterocycles. The third-order valence-electron chi connectivity index (χ3n) is 8.52. The summed E-state index contributed by atoms with van der Waals surface area (Å²) in [4.78, 5) is 50.5. The van der Waals surface area contributed by atoms with Crippen molar-refractivity contribution >= 4 is 23.7 Å². The fraction of sp³-hybridized carbons (Fsp3) is 0.875. The lowest BCUT2D eigenvalue weighted by molar-refractivity contribution is -0.235. The SMILES string of the molecule is CCC(C)(COC(=O)C(C)(COC(=O)C(C)(C)CC)COC(C)(C)C(=O)OCCCOC(C)(N)C(C)=O)CC(C)(CF)C(F)(F)F. The molecule has 0 fully saturated rings. The first kappa shape index (κ1) is 43.7. The van der Waals surface area contributed by atoms with E-state index in [0.29, 0.717) is 6.42 Å². The summed E-state index contributed by atoms with van der Waals surface area (Å²) < 4.78 is 81.9. The van der Waals surface area contributed by atoms with Gasteiger partial charge in [0.2, 0.25) is 0 Å². The van der Waals surface area contributed by atoms with Crippen molar-refractivity contribution in [3.8, 4) is 0 Å². The van der Waals surface area contributed by atoms with Gasteiger partial charge < -0.3 is 23.7 Å². The van der Waals surface area contributed by atoms with E-state index >= 15 is 0 Å². The van der Waals surface area contributed by atoms with Crippen LogP contribution in [0.25, 0.3) is 0 Å². The standard InChI is InChI=1S/C32H55F4NO9/c1-12-26(4,5)23(39)44-20-29(9,25(41)43-19-28(8,13-2)17-30(10,18-33)32(34,35)36)21-46-27(6,7)24(40)42-15-14-16-45-31(11,37)22(3)38/h12-21,37H2,1-11H3. The van der Waals surface area contributed by atoms with Gasteiger partial charge in [-0.3, -0.25) is 24.5 Å². The summed E-state index contributed by atoms with van der Waals surface area (Å²) in [5, 5.41) is 0. The second-order valence-corrected chi connectivity index (χ2v) is 14.3. The number of Topliss-reactive ketones (excluding diaryl/α,β-unsaturated/α-hetero) is 1. The molecule has 0 aliphatic rings. The Hall–Kier alpha value is -2.32. The summed E-state index contributed by atoms with van der Waals surface area (Å²) in [6.45, 7) is 12.7. The highest BCUT2D eigenvalue weighted by Gasteiger charge is 2.54. The molecule has 0 radical (unpaired) electrons. The zero-order valence-electron chi connectivity index (χ0n) is 29.3. The largest absolute Gasteiger partial charge is 0.465 e. The minimum absolute atomic E-state index is 0.0364. The molecule has 0 amide bonds. The van der Waals surface area contributed by atoms with Crippen LogP contribution in [0.1, 0.15) is 102 Å². The first-order chi connectivity index (χ1) is 20.7. The molecule has 270 valence electrons. The number of ketones is 1. The van der Waals surface area contributed by atoms with Gasteiger partial charge >= 0.3 is 24.1 Å². The minimum Gasteiger partial charge on any atom is -0.465 e. The van der Waals surface area contributed by atoms with Gasteiger partial charge in [0, 0.05) is 11.8 Å². The summed E-state index contributed by atoms with van der Waals surface area (Å²) in [5.74, 6) is -2.70. The van der Waals surface area contributed by atoms with Crippen molar-refractivity contribution in [1.29, 1.82) is 0 Å². The van der Waals surface area contributed by atoms with Crippen LogP contribution >= 0.6 is 0 Å². The maximum Gasteiger partial charge on any atom is 0.396 e. The van der Waals surface area contributed by atoms with Gasteiger partial charge in [0.15, 0.2) is 17.1 Å². The van der Waals surface area contributed by atoms with E-state index in [9.17, 15) is 36.7 Å². The second kappa shape index (κ2) is 16.7. The molecule has 4 unspecified atom stereocenters. The summed E-state index contributed by atoms with van der Waals surface area (Å²) in [5.41, 5.74) is -3.79. The van der Waals surface area contributed by atoms with E-state index in [-0.39, 0.29) is 31.8 Å². The van der Waals surface area contributed by atoms with Gasteiger partial charge in [0.25, 0.3) is 0 Å². The Bertz CT molecular complexity index is 1050. The van der Waals surface area contributed by atoms with Gasteiger partial charge in [-0.2, -0.15) is 13.2 Å². The first-order valence-electron chi connectivity index (χ1n) is 15.4. The molecule has 0 rings (SSSR count). The van der Waals surface area contributed by atoms with Gasteiger partial charge in [-0.05, 0) is 74.7 Å². The maximum absolute atomic E-state index is 13.7. The molecule has 2 N–H and O–H groups in total. The highest BCUT2D eigenvalue weighted by molar-refractivity contribution is 5.83. The number of rotatable bonds is 21. The molecule has 0 heterocycles. The molecule has 10 nitrogen and oxygen atoms in total. The molecule has 0 aliphatic carbocycles. The van der Waals surface area contributed by atoms with Crippen molar-refractivity contribution in [1.82, 2.24) is 0 Å². The lowest BCUT2D eigenvalue weighted by Gasteiger charge is -2.39. The molecule has 0 aromatic heterocycles. The molecule has 0 saturated carbocycles. The van der Waals surface area contributed by atoms with Crippen LogP contribution in [0.5, 0.6) is 0 Å². The van der Waals surface area contributed by atoms with Crippen molar-refractivity contribution in [3.05, 3.63) is 0 Å². The van der Waals surface area contributed by atoms with Gasteiger partial charge in [-0.1, -0.05) is 20.8 Å². The Morgan fingerprint density at radius 1 is 0.696 bits per heavy atom. The van der Waals surface area contributed by atoms with E-state index in [4.69, 9.17) is 29.4 Å². The molecule has 0 spiro atoms. The van der Waals surface area contributed by atoms with Crippen LogP contribution in [0, 0.1) is 21.7 Å². The molecular weight excluding hydrogens is 618 g/mol. The van der Waals surface area contributed by atoms with E-state index in [2.05, 4.69) is 0 Å². The number of carbonyl (C=O) groups is 4. The quantitative estimate of drug-likeness (QED) is 0.0517. The molecule has 4 atom stereocenters. The van der Waals surface area contributed by atoms with Crippen LogP contribution in [0.4, 0.5) is 17.6 Å². The predicted octanol–water partition coefficient (Wildman–Crippen LogP) is 5.87. The lowest BCUT2D eigenvalue weighted by atomic mass is 9.72.